The molecule has 1 saturated heterocycles. The number of hydrogen-bond acceptors (Lipinski definition) is 5. The molecule has 2 amide bonds. The van der Waals surface area contributed by atoms with E-state index in [-0.39, 0.29) is 12.0 Å². The maximum atomic E-state index is 13.1. The van der Waals surface area contributed by atoms with Gasteiger partial charge in [-0.15, -0.1) is 0 Å². The lowest BCUT2D eigenvalue weighted by atomic mass is 10.1. The predicted octanol–water partition coefficient (Wildman–Crippen LogP) is 5.48. The summed E-state index contributed by atoms with van der Waals surface area (Å²) >= 11 is 0. The van der Waals surface area contributed by atoms with Crippen LogP contribution in [-0.2, 0) is 17.9 Å². The van der Waals surface area contributed by atoms with Gasteiger partial charge in [-0.3, -0.25) is 4.79 Å². The highest BCUT2D eigenvalue weighted by Gasteiger charge is 2.30. The summed E-state index contributed by atoms with van der Waals surface area (Å²) in [5.41, 5.74) is 4.81. The molecule has 0 aromatic heterocycles. The molecule has 0 saturated carbocycles. The number of benzene rings is 3. The van der Waals surface area contributed by atoms with Gasteiger partial charge in [0.05, 0.1) is 13.2 Å². The molecule has 5 rings (SSSR count). The summed E-state index contributed by atoms with van der Waals surface area (Å²) in [6.07, 6.45) is 1.68. The molecule has 0 atom stereocenters. The molecule has 3 aromatic rings. The van der Waals surface area contributed by atoms with Crippen molar-refractivity contribution < 1.29 is 19.1 Å². The van der Waals surface area contributed by atoms with E-state index in [4.69, 9.17) is 9.47 Å². The third-order valence-corrected chi connectivity index (χ3v) is 6.92. The van der Waals surface area contributed by atoms with Gasteiger partial charge in [0.1, 0.15) is 12.4 Å². The zero-order valence-corrected chi connectivity index (χ0v) is 21.3. The number of amides is 2. The fourth-order valence-corrected chi connectivity index (χ4v) is 4.72. The lowest BCUT2D eigenvalue weighted by molar-refractivity contribution is 0.0984. The first-order valence-corrected chi connectivity index (χ1v) is 13.0. The Morgan fingerprint density at radius 2 is 1.62 bits per heavy atom. The van der Waals surface area contributed by atoms with Crippen molar-refractivity contribution in [2.45, 2.75) is 32.9 Å². The Morgan fingerprint density at radius 1 is 0.892 bits per heavy atom. The summed E-state index contributed by atoms with van der Waals surface area (Å²) in [5.74, 6) is 0.784. The molecule has 3 aromatic carbocycles. The van der Waals surface area contributed by atoms with Gasteiger partial charge < -0.3 is 24.2 Å². The Bertz CT molecular complexity index is 1220. The first-order valence-electron chi connectivity index (χ1n) is 13.0. The summed E-state index contributed by atoms with van der Waals surface area (Å²) in [6.45, 7) is 6.34. The second kappa shape index (κ2) is 11.4. The van der Waals surface area contributed by atoms with Gasteiger partial charge in [0, 0.05) is 43.1 Å². The van der Waals surface area contributed by atoms with Crippen LogP contribution in [0.25, 0.3) is 0 Å². The molecule has 0 unspecified atom stereocenters. The Morgan fingerprint density at radius 3 is 2.35 bits per heavy atom. The quantitative estimate of drug-likeness (QED) is 0.384. The van der Waals surface area contributed by atoms with Gasteiger partial charge in [0.25, 0.3) is 5.91 Å². The number of hydrogen-bond donors (Lipinski definition) is 0. The number of fused-ring (bicyclic) bond motifs is 1. The van der Waals surface area contributed by atoms with Crippen molar-refractivity contribution in [3.05, 3.63) is 89.5 Å². The number of carbonyl (C=O) groups is 2. The van der Waals surface area contributed by atoms with Crippen molar-refractivity contribution in [1.29, 1.82) is 0 Å². The van der Waals surface area contributed by atoms with Gasteiger partial charge in [-0.25, -0.2) is 4.79 Å². The molecule has 192 valence electrons. The fraction of sp³-hybridized carbons (Fsp3) is 0.333. The average Bonchev–Trinajstić information content (AvgIpc) is 3.28. The molecule has 2 aliphatic heterocycles. The van der Waals surface area contributed by atoms with Crippen molar-refractivity contribution in [3.63, 3.8) is 0 Å². The summed E-state index contributed by atoms with van der Waals surface area (Å²) < 4.78 is 11.2. The summed E-state index contributed by atoms with van der Waals surface area (Å²) in [5, 5.41) is 0. The second-order valence-corrected chi connectivity index (χ2v) is 9.44. The molecule has 7 heteroatoms. The van der Waals surface area contributed by atoms with Crippen LogP contribution in [0.3, 0.4) is 0 Å². The van der Waals surface area contributed by atoms with Crippen LogP contribution in [0, 0.1) is 0 Å². The minimum Gasteiger partial charge on any atom is -0.489 e. The Hall–Kier alpha value is -4.00. The molecule has 0 radical (unpaired) electrons. The van der Waals surface area contributed by atoms with E-state index >= 15 is 0 Å². The van der Waals surface area contributed by atoms with E-state index < -0.39 is 0 Å². The topological polar surface area (TPSA) is 62.3 Å². The molecule has 1 fully saturated rings. The normalized spacial score (nSPS) is 15.1. The molecule has 2 aliphatic rings. The van der Waals surface area contributed by atoms with Gasteiger partial charge in [-0.05, 0) is 60.0 Å². The van der Waals surface area contributed by atoms with E-state index in [1.165, 1.54) is 0 Å². The van der Waals surface area contributed by atoms with E-state index in [1.807, 2.05) is 66.7 Å². The standard InChI is InChI=1S/C30H33N3O4/c1-2-3-19-36-30(35)32-17-15-31(16-18-32)26-11-14-28-24(20-26)21-33(29(28)34)25-9-12-27(13-10-25)37-22-23-7-5-4-6-8-23/h4-14,20H,2-3,15-19,21-22H2,1H3. The SMILES string of the molecule is CCCCOC(=O)N1CCN(c2ccc3c(c2)CN(c2ccc(OCc4ccccc4)cc2)C3=O)CC1. The summed E-state index contributed by atoms with van der Waals surface area (Å²) in [4.78, 5) is 31.2. The Balaban J connectivity index is 1.18. The van der Waals surface area contributed by atoms with Crippen LogP contribution in [-0.4, -0.2) is 49.7 Å². The van der Waals surface area contributed by atoms with E-state index in [9.17, 15) is 9.59 Å². The van der Waals surface area contributed by atoms with Crippen LogP contribution in [0.2, 0.25) is 0 Å². The first-order chi connectivity index (χ1) is 18.1. The van der Waals surface area contributed by atoms with Crippen LogP contribution < -0.4 is 14.5 Å². The largest absolute Gasteiger partial charge is 0.489 e. The predicted molar refractivity (Wildman–Crippen MR) is 144 cm³/mol. The van der Waals surface area contributed by atoms with Crippen molar-refractivity contribution in [1.82, 2.24) is 4.90 Å². The van der Waals surface area contributed by atoms with Crippen LogP contribution in [0.5, 0.6) is 5.75 Å². The van der Waals surface area contributed by atoms with Crippen LogP contribution in [0.4, 0.5) is 16.2 Å². The van der Waals surface area contributed by atoms with Crippen LogP contribution >= 0.6 is 0 Å². The number of ether oxygens (including phenoxy) is 2. The molecule has 0 spiro atoms. The summed E-state index contributed by atoms with van der Waals surface area (Å²) in [7, 11) is 0. The highest BCUT2D eigenvalue weighted by atomic mass is 16.6. The number of piperazine rings is 1. The smallest absolute Gasteiger partial charge is 0.409 e. The minimum absolute atomic E-state index is 0.0131. The fourth-order valence-electron chi connectivity index (χ4n) is 4.72. The van der Waals surface area contributed by atoms with Crippen molar-refractivity contribution in [3.8, 4) is 5.75 Å². The van der Waals surface area contributed by atoms with E-state index in [2.05, 4.69) is 17.9 Å². The lowest BCUT2D eigenvalue weighted by Crippen LogP contribution is -2.49. The number of unbranched alkanes of at least 4 members (excludes halogenated alkanes) is 1. The van der Waals surface area contributed by atoms with Gasteiger partial charge in [-0.1, -0.05) is 43.7 Å². The highest BCUT2D eigenvalue weighted by Crippen LogP contribution is 2.32. The van der Waals surface area contributed by atoms with Gasteiger partial charge in [-0.2, -0.15) is 0 Å². The number of nitrogens with zero attached hydrogens (tertiary/aromatic N) is 3. The molecule has 0 aliphatic carbocycles. The van der Waals surface area contributed by atoms with Crippen molar-refractivity contribution >= 4 is 23.4 Å². The minimum atomic E-state index is -0.222. The van der Waals surface area contributed by atoms with Gasteiger partial charge >= 0.3 is 6.09 Å². The maximum Gasteiger partial charge on any atom is 0.409 e. The number of rotatable bonds is 8. The molecule has 0 N–H and O–H groups in total. The third-order valence-electron chi connectivity index (χ3n) is 6.92. The second-order valence-electron chi connectivity index (χ2n) is 9.44. The zero-order chi connectivity index (χ0) is 25.6. The molecular weight excluding hydrogens is 466 g/mol. The van der Waals surface area contributed by atoms with Crippen LogP contribution in [0.1, 0.15) is 41.3 Å². The van der Waals surface area contributed by atoms with Crippen molar-refractivity contribution in [2.75, 3.05) is 42.6 Å². The van der Waals surface area contributed by atoms with Gasteiger partial charge in [0.15, 0.2) is 0 Å². The van der Waals surface area contributed by atoms with E-state index in [0.717, 1.165) is 59.7 Å². The van der Waals surface area contributed by atoms with E-state index in [0.29, 0.717) is 32.8 Å². The Labute approximate surface area is 218 Å². The average molecular weight is 500 g/mol. The Kier molecular flexibility index (Phi) is 7.59. The molecule has 2 heterocycles. The lowest BCUT2D eigenvalue weighted by Gasteiger charge is -2.35. The molecule has 7 nitrogen and oxygen atoms in total. The third kappa shape index (κ3) is 5.71. The zero-order valence-electron chi connectivity index (χ0n) is 21.3. The maximum absolute atomic E-state index is 13.1. The molecule has 0 bridgehead atoms. The van der Waals surface area contributed by atoms with Crippen LogP contribution in [0.15, 0.2) is 72.8 Å². The molecule has 37 heavy (non-hydrogen) atoms. The molecular formula is C30H33N3O4. The summed E-state index contributed by atoms with van der Waals surface area (Å²) in [6, 6.07) is 23.8. The monoisotopic (exact) mass is 499 g/mol. The number of carbonyl (C=O) groups excluding carboxylic acids is 2. The highest BCUT2D eigenvalue weighted by molar-refractivity contribution is 6.10. The van der Waals surface area contributed by atoms with Crippen molar-refractivity contribution in [2.24, 2.45) is 0 Å². The van der Waals surface area contributed by atoms with E-state index in [1.54, 1.807) is 9.80 Å². The first kappa shape index (κ1) is 24.7. The van der Waals surface area contributed by atoms with Gasteiger partial charge in [0.2, 0.25) is 0 Å². The number of anilines is 2.